The molecule has 1 unspecified atom stereocenters. The molecule has 3 aromatic carbocycles. The Labute approximate surface area is 205 Å². The Morgan fingerprint density at radius 2 is 1.71 bits per heavy atom. The number of aliphatic hydroxyl groups is 1. The van der Waals surface area contributed by atoms with Gasteiger partial charge in [-0.05, 0) is 59.3 Å². The van der Waals surface area contributed by atoms with Gasteiger partial charge in [0.15, 0.2) is 0 Å². The molecule has 9 nitrogen and oxygen atoms in total. The van der Waals surface area contributed by atoms with Crippen LogP contribution in [0.2, 0.25) is 0 Å². The molecule has 1 atom stereocenters. The molecule has 186 valence electrons. The third kappa shape index (κ3) is 5.91. The summed E-state index contributed by atoms with van der Waals surface area (Å²) in [6.07, 6.45) is -0.608. The van der Waals surface area contributed by atoms with Crippen molar-refractivity contribution in [1.82, 2.24) is 9.21 Å². The van der Waals surface area contributed by atoms with Gasteiger partial charge >= 0.3 is 0 Å². The average Bonchev–Trinajstić information content (AvgIpc) is 2.87. The summed E-state index contributed by atoms with van der Waals surface area (Å²) in [6.45, 7) is 2.65. The molecule has 1 heterocycles. The highest BCUT2D eigenvalue weighted by molar-refractivity contribution is 7.89. The van der Waals surface area contributed by atoms with Crippen LogP contribution in [0.3, 0.4) is 0 Å². The van der Waals surface area contributed by atoms with E-state index in [2.05, 4.69) is 10.2 Å². The molecular formula is C25H31N5O4S. The molecule has 0 aliphatic carbocycles. The fourth-order valence-electron chi connectivity index (χ4n) is 4.16. The lowest BCUT2D eigenvalue weighted by Crippen LogP contribution is -2.50. The molecule has 0 aromatic heterocycles. The minimum absolute atomic E-state index is 0.0130. The number of piperazine rings is 1. The molecule has 1 fully saturated rings. The molecule has 1 aliphatic rings. The summed E-state index contributed by atoms with van der Waals surface area (Å²) >= 11 is 0. The molecular weight excluding hydrogens is 466 g/mol. The van der Waals surface area contributed by atoms with Crippen molar-refractivity contribution in [2.45, 2.75) is 11.0 Å². The lowest BCUT2D eigenvalue weighted by molar-refractivity contribution is 0.0994. The first-order valence-corrected chi connectivity index (χ1v) is 12.9. The second-order valence-electron chi connectivity index (χ2n) is 8.61. The average molecular weight is 498 g/mol. The van der Waals surface area contributed by atoms with E-state index in [1.807, 2.05) is 30.3 Å². The first-order valence-electron chi connectivity index (χ1n) is 11.4. The van der Waals surface area contributed by atoms with Crippen molar-refractivity contribution in [2.24, 2.45) is 5.73 Å². The summed E-state index contributed by atoms with van der Waals surface area (Å²) < 4.78 is 33.2. The summed E-state index contributed by atoms with van der Waals surface area (Å²) in [5.41, 5.74) is 6.94. The molecule has 5 N–H and O–H groups in total. The van der Waals surface area contributed by atoms with Gasteiger partial charge in [-0.25, -0.2) is 8.42 Å². The number of aliphatic hydroxyl groups excluding tert-OH is 1. The van der Waals surface area contributed by atoms with Gasteiger partial charge in [0.1, 0.15) is 11.6 Å². The lowest BCUT2D eigenvalue weighted by Gasteiger charge is -2.35. The van der Waals surface area contributed by atoms with Crippen LogP contribution < -0.4 is 15.8 Å². The summed E-state index contributed by atoms with van der Waals surface area (Å²) in [4.78, 5) is 2.35. The number of sulfonamides is 1. The number of nitrogens with zero attached hydrogens (tertiary/aromatic N) is 2. The van der Waals surface area contributed by atoms with Crippen LogP contribution in [-0.4, -0.2) is 81.0 Å². The van der Waals surface area contributed by atoms with E-state index in [9.17, 15) is 13.5 Å². The molecule has 0 amide bonds. The fraction of sp³-hybridized carbons (Fsp3) is 0.320. The summed E-state index contributed by atoms with van der Waals surface area (Å²) in [5.74, 6) is 0.742. The van der Waals surface area contributed by atoms with Gasteiger partial charge in [0.05, 0.1) is 18.1 Å². The Bertz CT molecular complexity index is 1290. The van der Waals surface area contributed by atoms with Crippen LogP contribution in [0.1, 0.15) is 5.56 Å². The quantitative estimate of drug-likeness (QED) is 0.262. The van der Waals surface area contributed by atoms with Crippen LogP contribution in [0.25, 0.3) is 10.8 Å². The standard InChI is InChI=1S/C25H31N5O4S/c1-34-23-8-4-20-15-24(9-5-19(20)14-23)35(32,33)30-12-10-29(11-13-30)17-22(31)16-28-21-6-2-18(3-7-21)25(26)27/h2-9,14-15,22,28,31H,10-13,16-17H2,1H3,(H3,26,27). The van der Waals surface area contributed by atoms with E-state index in [-0.39, 0.29) is 10.7 Å². The van der Waals surface area contributed by atoms with E-state index in [4.69, 9.17) is 15.9 Å². The molecule has 0 saturated carbocycles. The molecule has 35 heavy (non-hydrogen) atoms. The summed E-state index contributed by atoms with van der Waals surface area (Å²) in [7, 11) is -2.00. The number of hydrogen-bond acceptors (Lipinski definition) is 7. The Morgan fingerprint density at radius 1 is 1.06 bits per heavy atom. The molecule has 1 aliphatic heterocycles. The van der Waals surface area contributed by atoms with E-state index < -0.39 is 16.1 Å². The van der Waals surface area contributed by atoms with Crippen molar-refractivity contribution < 1.29 is 18.3 Å². The van der Waals surface area contributed by atoms with E-state index in [0.29, 0.717) is 44.8 Å². The first-order chi connectivity index (χ1) is 16.8. The van der Waals surface area contributed by atoms with E-state index in [0.717, 1.165) is 22.2 Å². The third-order valence-corrected chi connectivity index (χ3v) is 8.09. The Morgan fingerprint density at radius 3 is 2.37 bits per heavy atom. The monoisotopic (exact) mass is 497 g/mol. The number of β-amino-alcohol motifs (C(OH)–C–C–N with tert-alkyl or cyclic N) is 1. The van der Waals surface area contributed by atoms with Gasteiger partial charge in [-0.3, -0.25) is 10.3 Å². The number of rotatable bonds is 9. The number of nitrogens with one attached hydrogen (secondary N) is 2. The maximum absolute atomic E-state index is 13.2. The van der Waals surface area contributed by atoms with Gasteiger partial charge in [-0.15, -0.1) is 0 Å². The third-order valence-electron chi connectivity index (χ3n) is 6.19. The highest BCUT2D eigenvalue weighted by Crippen LogP contribution is 2.26. The second kappa shape index (κ2) is 10.6. The van der Waals surface area contributed by atoms with E-state index in [1.165, 1.54) is 4.31 Å². The smallest absolute Gasteiger partial charge is 0.243 e. The minimum atomic E-state index is -3.60. The van der Waals surface area contributed by atoms with Crippen LogP contribution >= 0.6 is 0 Å². The van der Waals surface area contributed by atoms with Crippen molar-refractivity contribution in [3.63, 3.8) is 0 Å². The van der Waals surface area contributed by atoms with Gasteiger partial charge in [0.25, 0.3) is 0 Å². The van der Waals surface area contributed by atoms with Crippen molar-refractivity contribution in [2.75, 3.05) is 51.7 Å². The van der Waals surface area contributed by atoms with Crippen molar-refractivity contribution in [1.29, 1.82) is 5.41 Å². The maximum Gasteiger partial charge on any atom is 0.243 e. The van der Waals surface area contributed by atoms with Crippen LogP contribution in [0, 0.1) is 5.41 Å². The number of methoxy groups -OCH3 is 1. The predicted molar refractivity (Wildman–Crippen MR) is 138 cm³/mol. The van der Waals surface area contributed by atoms with E-state index in [1.54, 1.807) is 37.4 Å². The summed E-state index contributed by atoms with van der Waals surface area (Å²) in [5, 5.41) is 22.8. The zero-order valence-electron chi connectivity index (χ0n) is 19.6. The molecule has 0 bridgehead atoms. The summed E-state index contributed by atoms with van der Waals surface area (Å²) in [6, 6.07) is 17.8. The Hall–Kier alpha value is -3.18. The number of nitrogens with two attached hydrogens (primary N) is 1. The second-order valence-corrected chi connectivity index (χ2v) is 10.5. The molecule has 0 spiro atoms. The van der Waals surface area contributed by atoms with Crippen molar-refractivity contribution in [3.8, 4) is 5.75 Å². The number of benzene rings is 3. The van der Waals surface area contributed by atoms with Gasteiger partial charge in [-0.2, -0.15) is 4.31 Å². The maximum atomic E-state index is 13.2. The predicted octanol–water partition coefficient (Wildman–Crippen LogP) is 1.91. The number of ether oxygens (including phenoxy) is 1. The highest BCUT2D eigenvalue weighted by atomic mass is 32.2. The lowest BCUT2D eigenvalue weighted by atomic mass is 10.1. The molecule has 4 rings (SSSR count). The normalized spacial score (nSPS) is 16.2. The zero-order valence-corrected chi connectivity index (χ0v) is 20.5. The van der Waals surface area contributed by atoms with Gasteiger partial charge in [0.2, 0.25) is 10.0 Å². The largest absolute Gasteiger partial charge is 0.497 e. The number of nitrogen functional groups attached to an aromatic ring is 1. The fourth-order valence-corrected chi connectivity index (χ4v) is 5.61. The topological polar surface area (TPSA) is 132 Å². The zero-order chi connectivity index (χ0) is 25.0. The van der Waals surface area contributed by atoms with E-state index >= 15 is 0 Å². The van der Waals surface area contributed by atoms with Crippen LogP contribution in [0.15, 0.2) is 65.6 Å². The first kappa shape index (κ1) is 24.9. The molecule has 1 saturated heterocycles. The molecule has 10 heteroatoms. The Balaban J connectivity index is 1.29. The number of hydrogen-bond donors (Lipinski definition) is 4. The molecule has 0 radical (unpaired) electrons. The number of amidine groups is 1. The number of fused-ring (bicyclic) bond motifs is 1. The van der Waals surface area contributed by atoms with Gasteiger partial charge in [0, 0.05) is 50.5 Å². The van der Waals surface area contributed by atoms with Crippen LogP contribution in [0.4, 0.5) is 5.69 Å². The highest BCUT2D eigenvalue weighted by Gasteiger charge is 2.29. The van der Waals surface area contributed by atoms with Crippen LogP contribution in [0.5, 0.6) is 5.75 Å². The van der Waals surface area contributed by atoms with Crippen molar-refractivity contribution in [3.05, 3.63) is 66.2 Å². The molecule has 3 aromatic rings. The van der Waals surface area contributed by atoms with Crippen LogP contribution in [-0.2, 0) is 10.0 Å². The number of anilines is 1. The van der Waals surface area contributed by atoms with Crippen molar-refractivity contribution >= 4 is 32.3 Å². The SMILES string of the molecule is COc1ccc2cc(S(=O)(=O)N3CCN(CC(O)CNc4ccc(C(=N)N)cc4)CC3)ccc2c1. The van der Waals surface area contributed by atoms with Gasteiger partial charge < -0.3 is 20.9 Å². The Kier molecular flexibility index (Phi) is 7.56. The minimum Gasteiger partial charge on any atom is -0.497 e. The van der Waals surface area contributed by atoms with Gasteiger partial charge in [-0.1, -0.05) is 12.1 Å².